The molecule has 0 aliphatic rings. The topological polar surface area (TPSA) is 103 Å². The number of hydrogen-bond donors (Lipinski definition) is 1. The van der Waals surface area contributed by atoms with Crippen molar-refractivity contribution in [3.63, 3.8) is 0 Å². The van der Waals surface area contributed by atoms with E-state index in [1.54, 1.807) is 38.1 Å². The third kappa shape index (κ3) is 5.05. The summed E-state index contributed by atoms with van der Waals surface area (Å²) in [6, 6.07) is 8.41. The van der Waals surface area contributed by atoms with Gasteiger partial charge in [0.25, 0.3) is 5.56 Å². The van der Waals surface area contributed by atoms with Crippen molar-refractivity contribution in [3.05, 3.63) is 61.6 Å². The van der Waals surface area contributed by atoms with Gasteiger partial charge in [0.15, 0.2) is 17.6 Å². The lowest BCUT2D eigenvalue weighted by Crippen LogP contribution is -2.23. The fourth-order valence-corrected chi connectivity index (χ4v) is 3.41. The van der Waals surface area contributed by atoms with Gasteiger partial charge in [-0.3, -0.25) is 4.79 Å². The Morgan fingerprint density at radius 2 is 2.13 bits per heavy atom. The van der Waals surface area contributed by atoms with E-state index in [1.807, 2.05) is 6.07 Å². The highest BCUT2D eigenvalue weighted by molar-refractivity contribution is 9.10. The fraction of sp³-hybridized carbons (Fsp3) is 0.238. The highest BCUT2D eigenvalue weighted by Crippen LogP contribution is 2.37. The summed E-state index contributed by atoms with van der Waals surface area (Å²) in [4.78, 5) is 28.4. The molecule has 8 nitrogen and oxygen atoms in total. The number of carboxylic acid groups (broad SMARTS) is 1. The lowest BCUT2D eigenvalue weighted by Gasteiger charge is -2.16. The van der Waals surface area contributed by atoms with Gasteiger partial charge in [-0.2, -0.15) is 9.78 Å². The highest BCUT2D eigenvalue weighted by atomic mass is 79.9. The van der Waals surface area contributed by atoms with Crippen LogP contribution < -0.4 is 15.0 Å². The quantitative estimate of drug-likeness (QED) is 0.479. The number of ether oxygens (including phenoxy) is 2. The molecule has 0 radical (unpaired) electrons. The molecule has 0 saturated carbocycles. The minimum absolute atomic E-state index is 0.126. The SMILES string of the molecule is CCOc1cc(C=Nn2c(C)nc3ccc(Br)cc3c2=O)cc(Cl)c1O[C@H](C)C(=O)O. The molecule has 1 N–H and O–H groups in total. The number of rotatable bonds is 7. The number of aromatic nitrogens is 2. The Hall–Kier alpha value is -2.91. The number of nitrogens with zero attached hydrogens (tertiary/aromatic N) is 3. The molecule has 10 heteroatoms. The highest BCUT2D eigenvalue weighted by Gasteiger charge is 2.19. The van der Waals surface area contributed by atoms with E-state index in [9.17, 15) is 9.59 Å². The zero-order valence-electron chi connectivity index (χ0n) is 16.9. The van der Waals surface area contributed by atoms with Crippen molar-refractivity contribution in [2.24, 2.45) is 5.10 Å². The maximum absolute atomic E-state index is 12.9. The van der Waals surface area contributed by atoms with E-state index in [-0.39, 0.29) is 22.1 Å². The van der Waals surface area contributed by atoms with Crippen LogP contribution in [0.15, 0.2) is 44.7 Å². The monoisotopic (exact) mass is 507 g/mol. The smallest absolute Gasteiger partial charge is 0.344 e. The Morgan fingerprint density at radius 3 is 2.81 bits per heavy atom. The van der Waals surface area contributed by atoms with Crippen LogP contribution in [-0.2, 0) is 4.79 Å². The average Bonchev–Trinajstić information content (AvgIpc) is 2.71. The molecule has 3 rings (SSSR count). The van der Waals surface area contributed by atoms with Crippen LogP contribution in [0, 0.1) is 6.92 Å². The lowest BCUT2D eigenvalue weighted by atomic mass is 10.2. The van der Waals surface area contributed by atoms with Crippen LogP contribution >= 0.6 is 27.5 Å². The molecule has 0 aliphatic heterocycles. The Labute approximate surface area is 191 Å². The fourth-order valence-electron chi connectivity index (χ4n) is 2.79. The minimum atomic E-state index is -1.13. The van der Waals surface area contributed by atoms with Crippen LogP contribution in [0.3, 0.4) is 0 Å². The van der Waals surface area contributed by atoms with E-state index in [0.717, 1.165) is 4.47 Å². The van der Waals surface area contributed by atoms with Gasteiger partial charge < -0.3 is 14.6 Å². The predicted octanol–water partition coefficient (Wildman–Crippen LogP) is 4.25. The summed E-state index contributed by atoms with van der Waals surface area (Å²) in [6.07, 6.45) is 0.332. The summed E-state index contributed by atoms with van der Waals surface area (Å²) in [5.41, 5.74) is 0.795. The van der Waals surface area contributed by atoms with Gasteiger partial charge in [0.05, 0.1) is 28.7 Å². The summed E-state index contributed by atoms with van der Waals surface area (Å²) in [5, 5.41) is 13.9. The van der Waals surface area contributed by atoms with Crippen LogP contribution in [0.4, 0.5) is 0 Å². The number of aliphatic carboxylic acids is 1. The largest absolute Gasteiger partial charge is 0.490 e. The van der Waals surface area contributed by atoms with Gasteiger partial charge in [-0.05, 0) is 56.7 Å². The number of halogens is 2. The second kappa shape index (κ2) is 9.49. The maximum atomic E-state index is 12.9. The number of benzene rings is 2. The van der Waals surface area contributed by atoms with Crippen molar-refractivity contribution >= 4 is 50.6 Å². The van der Waals surface area contributed by atoms with Gasteiger partial charge in [0, 0.05) is 4.47 Å². The molecule has 0 amide bonds. The van der Waals surface area contributed by atoms with E-state index in [4.69, 9.17) is 26.2 Å². The second-order valence-corrected chi connectivity index (χ2v) is 7.87. The summed E-state index contributed by atoms with van der Waals surface area (Å²) >= 11 is 9.67. The van der Waals surface area contributed by atoms with Crippen molar-refractivity contribution in [3.8, 4) is 11.5 Å². The molecule has 31 heavy (non-hydrogen) atoms. The Bertz CT molecular complexity index is 1240. The Kier molecular flexibility index (Phi) is 6.97. The van der Waals surface area contributed by atoms with Gasteiger partial charge >= 0.3 is 5.97 Å². The summed E-state index contributed by atoms with van der Waals surface area (Å²) < 4.78 is 13.0. The predicted molar refractivity (Wildman–Crippen MR) is 122 cm³/mol. The number of hydrogen-bond acceptors (Lipinski definition) is 6. The molecule has 3 aromatic rings. The molecule has 0 unspecified atom stereocenters. The molecule has 162 valence electrons. The molecule has 0 saturated heterocycles. The first-order valence-electron chi connectivity index (χ1n) is 9.30. The van der Waals surface area contributed by atoms with Gasteiger partial charge in [-0.1, -0.05) is 27.5 Å². The first-order valence-corrected chi connectivity index (χ1v) is 10.5. The average molecular weight is 509 g/mol. The Morgan fingerprint density at radius 1 is 1.39 bits per heavy atom. The second-order valence-electron chi connectivity index (χ2n) is 6.54. The molecule has 0 aliphatic carbocycles. The van der Waals surface area contributed by atoms with Gasteiger partial charge in [0.1, 0.15) is 5.82 Å². The Balaban J connectivity index is 2.02. The molecule has 1 aromatic heterocycles. The van der Waals surface area contributed by atoms with Crippen LogP contribution in [0.5, 0.6) is 11.5 Å². The van der Waals surface area contributed by atoms with Crippen LogP contribution in [0.25, 0.3) is 10.9 Å². The standard InChI is InChI=1S/C21H19BrClN3O5/c1-4-30-18-8-13(7-16(23)19(18)31-11(2)21(28)29)10-24-26-12(3)25-17-6-5-14(22)9-15(17)20(26)27/h5-11H,4H2,1-3H3,(H,28,29)/t11-/m1/s1. The van der Waals surface area contributed by atoms with Crippen LogP contribution in [0.1, 0.15) is 25.2 Å². The maximum Gasteiger partial charge on any atom is 0.344 e. The van der Waals surface area contributed by atoms with Crippen molar-refractivity contribution in [2.75, 3.05) is 6.61 Å². The third-order valence-electron chi connectivity index (χ3n) is 4.27. The van der Waals surface area contributed by atoms with Gasteiger partial charge in [-0.25, -0.2) is 9.78 Å². The minimum Gasteiger partial charge on any atom is -0.490 e. The van der Waals surface area contributed by atoms with E-state index < -0.39 is 12.1 Å². The number of carboxylic acids is 1. The summed E-state index contributed by atoms with van der Waals surface area (Å²) in [6.45, 7) is 5.17. The normalized spacial score (nSPS) is 12.3. The van der Waals surface area contributed by atoms with Crippen molar-refractivity contribution in [2.45, 2.75) is 26.9 Å². The molecule has 1 heterocycles. The lowest BCUT2D eigenvalue weighted by molar-refractivity contribution is -0.144. The molecular formula is C21H19BrClN3O5. The molecule has 1 atom stereocenters. The molecule has 2 aromatic carbocycles. The van der Waals surface area contributed by atoms with E-state index in [2.05, 4.69) is 26.0 Å². The zero-order valence-corrected chi connectivity index (χ0v) is 19.3. The van der Waals surface area contributed by atoms with Crippen LogP contribution in [0.2, 0.25) is 5.02 Å². The van der Waals surface area contributed by atoms with Crippen molar-refractivity contribution < 1.29 is 19.4 Å². The van der Waals surface area contributed by atoms with E-state index >= 15 is 0 Å². The summed E-state index contributed by atoms with van der Waals surface area (Å²) in [7, 11) is 0. The number of aryl methyl sites for hydroxylation is 1. The van der Waals surface area contributed by atoms with Crippen molar-refractivity contribution in [1.29, 1.82) is 0 Å². The number of fused-ring (bicyclic) bond motifs is 1. The molecule has 0 spiro atoms. The molecule has 0 fully saturated rings. The van der Waals surface area contributed by atoms with E-state index in [1.165, 1.54) is 17.8 Å². The summed E-state index contributed by atoms with van der Waals surface area (Å²) in [5.74, 6) is -0.313. The van der Waals surface area contributed by atoms with Gasteiger partial charge in [0.2, 0.25) is 0 Å². The van der Waals surface area contributed by atoms with E-state index in [0.29, 0.717) is 28.9 Å². The molecule has 0 bridgehead atoms. The van der Waals surface area contributed by atoms with Gasteiger partial charge in [-0.15, -0.1) is 0 Å². The number of carbonyl (C=O) groups is 1. The van der Waals surface area contributed by atoms with Crippen LogP contribution in [-0.4, -0.2) is 39.7 Å². The first-order chi connectivity index (χ1) is 14.7. The first kappa shape index (κ1) is 22.8. The zero-order chi connectivity index (χ0) is 22.7. The van der Waals surface area contributed by atoms with Crippen molar-refractivity contribution in [1.82, 2.24) is 9.66 Å². The third-order valence-corrected chi connectivity index (χ3v) is 5.04. The molecular weight excluding hydrogens is 490 g/mol.